The van der Waals surface area contributed by atoms with E-state index in [0.717, 1.165) is 22.3 Å². The number of hydrogen-bond donors (Lipinski definition) is 1. The summed E-state index contributed by atoms with van der Waals surface area (Å²) in [5.74, 6) is -0.176. The summed E-state index contributed by atoms with van der Waals surface area (Å²) >= 11 is 2.91. The van der Waals surface area contributed by atoms with E-state index in [4.69, 9.17) is 4.74 Å². The lowest BCUT2D eigenvalue weighted by Gasteiger charge is -2.08. The molecule has 7 heteroatoms. The molecule has 1 unspecified atom stereocenters. The second kappa shape index (κ2) is 7.09. The summed E-state index contributed by atoms with van der Waals surface area (Å²) in [7, 11) is 0. The Morgan fingerprint density at radius 3 is 3.05 bits per heavy atom. The predicted octanol–water partition coefficient (Wildman–Crippen LogP) is 2.94. The molecule has 1 saturated carbocycles. The molecule has 0 saturated heterocycles. The van der Waals surface area contributed by atoms with Gasteiger partial charge in [0.1, 0.15) is 5.25 Å². The van der Waals surface area contributed by atoms with E-state index in [9.17, 15) is 4.79 Å². The summed E-state index contributed by atoms with van der Waals surface area (Å²) in [6.07, 6.45) is 4.36. The van der Waals surface area contributed by atoms with Gasteiger partial charge in [-0.15, -0.1) is 10.2 Å². The molecule has 1 N–H and O–H groups in total. The number of unbranched alkanes of at least 4 members (excludes halogenated alkanes) is 1. The van der Waals surface area contributed by atoms with Gasteiger partial charge in [-0.25, -0.2) is 0 Å². The van der Waals surface area contributed by atoms with E-state index in [2.05, 4.69) is 22.4 Å². The SMILES string of the molecule is CCCCOC(=O)C(C)Sc1nnc(NC2CC2)s1. The van der Waals surface area contributed by atoms with Gasteiger partial charge in [-0.05, 0) is 26.2 Å². The van der Waals surface area contributed by atoms with Crippen molar-refractivity contribution in [3.63, 3.8) is 0 Å². The Hall–Kier alpha value is -0.820. The average Bonchev–Trinajstić information content (AvgIpc) is 3.09. The van der Waals surface area contributed by atoms with Crippen molar-refractivity contribution in [1.82, 2.24) is 10.2 Å². The van der Waals surface area contributed by atoms with Gasteiger partial charge in [0.15, 0.2) is 4.34 Å². The van der Waals surface area contributed by atoms with Crippen LogP contribution < -0.4 is 5.32 Å². The van der Waals surface area contributed by atoms with Crippen LogP contribution in [-0.4, -0.2) is 34.1 Å². The van der Waals surface area contributed by atoms with E-state index in [1.165, 1.54) is 35.9 Å². The van der Waals surface area contributed by atoms with Crippen LogP contribution in [-0.2, 0) is 9.53 Å². The van der Waals surface area contributed by atoms with Crippen molar-refractivity contribution in [1.29, 1.82) is 0 Å². The largest absolute Gasteiger partial charge is 0.465 e. The van der Waals surface area contributed by atoms with Crippen molar-refractivity contribution in [2.45, 2.75) is 55.2 Å². The molecule has 0 aliphatic heterocycles. The summed E-state index contributed by atoms with van der Waals surface area (Å²) in [5.41, 5.74) is 0. The number of thioether (sulfide) groups is 1. The maximum atomic E-state index is 11.7. The first kappa shape index (κ1) is 14.6. The molecule has 2 rings (SSSR count). The third-order valence-electron chi connectivity index (χ3n) is 2.66. The molecule has 1 aliphatic carbocycles. The van der Waals surface area contributed by atoms with Gasteiger partial charge in [0, 0.05) is 6.04 Å². The van der Waals surface area contributed by atoms with Crippen LogP contribution in [0, 0.1) is 0 Å². The van der Waals surface area contributed by atoms with Crippen LogP contribution >= 0.6 is 23.1 Å². The van der Waals surface area contributed by atoms with Crippen molar-refractivity contribution < 1.29 is 9.53 Å². The number of esters is 1. The maximum Gasteiger partial charge on any atom is 0.319 e. The van der Waals surface area contributed by atoms with Gasteiger partial charge < -0.3 is 10.1 Å². The molecule has 0 radical (unpaired) electrons. The Bertz CT molecular complexity index is 421. The Morgan fingerprint density at radius 2 is 2.37 bits per heavy atom. The van der Waals surface area contributed by atoms with Gasteiger partial charge in [-0.2, -0.15) is 0 Å². The van der Waals surface area contributed by atoms with Crippen molar-refractivity contribution in [2.24, 2.45) is 0 Å². The molecule has 1 aliphatic rings. The quantitative estimate of drug-likeness (QED) is 0.452. The number of anilines is 1. The number of rotatable bonds is 8. The molecule has 106 valence electrons. The first-order chi connectivity index (χ1) is 9.19. The van der Waals surface area contributed by atoms with Crippen molar-refractivity contribution in [2.75, 3.05) is 11.9 Å². The summed E-state index contributed by atoms with van der Waals surface area (Å²) in [4.78, 5) is 11.7. The molecular formula is C12H19N3O2S2. The smallest absolute Gasteiger partial charge is 0.319 e. The number of carbonyl (C=O) groups is 1. The molecule has 1 fully saturated rings. The van der Waals surface area contributed by atoms with Crippen molar-refractivity contribution in [3.05, 3.63) is 0 Å². The van der Waals surface area contributed by atoms with Gasteiger partial charge in [-0.1, -0.05) is 36.4 Å². The standard InChI is InChI=1S/C12H19N3O2S2/c1-3-4-7-17-10(16)8(2)18-12-15-14-11(19-12)13-9-5-6-9/h8-9H,3-7H2,1-2H3,(H,13,14). The number of hydrogen-bond acceptors (Lipinski definition) is 7. The molecule has 1 atom stereocenters. The molecule has 0 amide bonds. The first-order valence-corrected chi connectivity index (χ1v) is 8.32. The van der Waals surface area contributed by atoms with Gasteiger partial charge >= 0.3 is 5.97 Å². The zero-order valence-electron chi connectivity index (χ0n) is 11.2. The molecule has 1 aromatic heterocycles. The monoisotopic (exact) mass is 301 g/mol. The second-order valence-corrected chi connectivity index (χ2v) is 7.14. The number of aromatic nitrogens is 2. The minimum Gasteiger partial charge on any atom is -0.465 e. The van der Waals surface area contributed by atoms with E-state index in [1.807, 2.05) is 6.92 Å². The van der Waals surface area contributed by atoms with Crippen LogP contribution in [0.4, 0.5) is 5.13 Å². The summed E-state index contributed by atoms with van der Waals surface area (Å²) in [6.45, 7) is 4.42. The minimum absolute atomic E-state index is 0.176. The fourth-order valence-corrected chi connectivity index (χ4v) is 3.32. The Balaban J connectivity index is 1.75. The predicted molar refractivity (Wildman–Crippen MR) is 77.7 cm³/mol. The van der Waals surface area contributed by atoms with Crippen LogP contribution in [0.3, 0.4) is 0 Å². The molecule has 0 bridgehead atoms. The van der Waals surface area contributed by atoms with Crippen LogP contribution in [0.5, 0.6) is 0 Å². The Kier molecular flexibility index (Phi) is 5.45. The molecule has 19 heavy (non-hydrogen) atoms. The highest BCUT2D eigenvalue weighted by Gasteiger charge is 2.23. The van der Waals surface area contributed by atoms with Gasteiger partial charge in [0.25, 0.3) is 0 Å². The Labute approximate surface area is 121 Å². The lowest BCUT2D eigenvalue weighted by molar-refractivity contribution is -0.142. The summed E-state index contributed by atoms with van der Waals surface area (Å²) < 4.78 is 5.99. The maximum absolute atomic E-state index is 11.7. The number of ether oxygens (including phenoxy) is 1. The van der Waals surface area contributed by atoms with E-state index < -0.39 is 0 Å². The van der Waals surface area contributed by atoms with Gasteiger partial charge in [0.05, 0.1) is 6.61 Å². The first-order valence-electron chi connectivity index (χ1n) is 6.62. The van der Waals surface area contributed by atoms with Crippen molar-refractivity contribution >= 4 is 34.2 Å². The van der Waals surface area contributed by atoms with E-state index in [1.54, 1.807) is 0 Å². The highest BCUT2D eigenvalue weighted by atomic mass is 32.2. The lowest BCUT2D eigenvalue weighted by atomic mass is 10.4. The van der Waals surface area contributed by atoms with Crippen LogP contribution in [0.2, 0.25) is 0 Å². The topological polar surface area (TPSA) is 64.1 Å². The Morgan fingerprint density at radius 1 is 1.58 bits per heavy atom. The molecule has 0 aromatic carbocycles. The van der Waals surface area contributed by atoms with E-state index in [-0.39, 0.29) is 11.2 Å². The molecule has 1 heterocycles. The van der Waals surface area contributed by atoms with Gasteiger partial charge in [-0.3, -0.25) is 4.79 Å². The van der Waals surface area contributed by atoms with Crippen molar-refractivity contribution in [3.8, 4) is 0 Å². The normalized spacial score (nSPS) is 16.1. The third kappa shape index (κ3) is 4.99. The van der Waals surface area contributed by atoms with E-state index in [0.29, 0.717) is 12.6 Å². The van der Waals surface area contributed by atoms with Gasteiger partial charge in [0.2, 0.25) is 5.13 Å². The third-order valence-corrected chi connectivity index (χ3v) is 4.68. The zero-order chi connectivity index (χ0) is 13.7. The molecule has 5 nitrogen and oxygen atoms in total. The highest BCUT2D eigenvalue weighted by Crippen LogP contribution is 2.32. The highest BCUT2D eigenvalue weighted by molar-refractivity contribution is 8.02. The zero-order valence-corrected chi connectivity index (χ0v) is 12.9. The second-order valence-electron chi connectivity index (χ2n) is 4.57. The fraction of sp³-hybridized carbons (Fsp3) is 0.750. The van der Waals surface area contributed by atoms with E-state index >= 15 is 0 Å². The molecule has 0 spiro atoms. The summed E-state index contributed by atoms with van der Waals surface area (Å²) in [6, 6.07) is 0.572. The van der Waals surface area contributed by atoms with Crippen LogP contribution in [0.25, 0.3) is 0 Å². The minimum atomic E-state index is -0.237. The number of nitrogens with one attached hydrogen (secondary N) is 1. The van der Waals surface area contributed by atoms with Crippen LogP contribution in [0.1, 0.15) is 39.5 Å². The number of nitrogens with zero attached hydrogens (tertiary/aromatic N) is 2. The molecule has 1 aromatic rings. The summed E-state index contributed by atoms with van der Waals surface area (Å²) in [5, 5.41) is 12.0. The van der Waals surface area contributed by atoms with Crippen LogP contribution in [0.15, 0.2) is 4.34 Å². The molecular weight excluding hydrogens is 282 g/mol. The average molecular weight is 301 g/mol. The lowest BCUT2D eigenvalue weighted by Crippen LogP contribution is -2.17. The fourth-order valence-electron chi connectivity index (χ4n) is 1.35. The number of carbonyl (C=O) groups excluding carboxylic acids is 1.